The molecule has 0 radical (unpaired) electrons. The highest BCUT2D eigenvalue weighted by Crippen LogP contribution is 2.34. The number of Topliss-reactive ketones (excluding diaryl/α,β-unsaturated/α-hetero) is 1. The summed E-state index contributed by atoms with van der Waals surface area (Å²) in [5.74, 6) is 0.0981. The van der Waals surface area contributed by atoms with Crippen LogP contribution in [0.3, 0.4) is 0 Å². The van der Waals surface area contributed by atoms with Crippen molar-refractivity contribution in [1.29, 1.82) is 0 Å². The van der Waals surface area contributed by atoms with Gasteiger partial charge >= 0.3 is 0 Å². The maximum atomic E-state index is 12.4. The lowest BCUT2D eigenvalue weighted by Gasteiger charge is -2.24. The van der Waals surface area contributed by atoms with Crippen molar-refractivity contribution in [3.63, 3.8) is 0 Å². The number of carbonyl (C=O) groups is 1. The normalized spacial score (nSPS) is 19.8. The zero-order chi connectivity index (χ0) is 15.2. The Hall–Kier alpha value is -2.10. The molecule has 2 rings (SSSR count). The molecule has 0 saturated carbocycles. The largest absolute Gasteiger partial charge is 0.511 e. The third kappa shape index (κ3) is 3.51. The molecule has 112 valence electrons. The summed E-state index contributed by atoms with van der Waals surface area (Å²) in [7, 11) is 0. The fourth-order valence-corrected chi connectivity index (χ4v) is 2.61. The first kappa shape index (κ1) is 15.3. The molecule has 0 fully saturated rings. The number of rotatable bonds is 5. The Morgan fingerprint density at radius 1 is 1.29 bits per heavy atom. The molecule has 4 heteroatoms. The van der Waals surface area contributed by atoms with Crippen molar-refractivity contribution in [2.24, 2.45) is 5.16 Å². The molecule has 1 aliphatic carbocycles. The standard InChI is InChI=1S/C17H21NO3/c1-3-14(18-21-4-2)17-15(19)10-13(11-16(17)20)12-8-6-5-7-9-12/h5-9,13,19H,3-4,10-11H2,1-2H3. The number of allylic oxidation sites excluding steroid dienone is 2. The predicted octanol–water partition coefficient (Wildman–Crippen LogP) is 3.75. The summed E-state index contributed by atoms with van der Waals surface area (Å²) >= 11 is 0. The molecule has 1 unspecified atom stereocenters. The van der Waals surface area contributed by atoms with Gasteiger partial charge in [-0.25, -0.2) is 0 Å². The van der Waals surface area contributed by atoms with E-state index in [1.807, 2.05) is 44.2 Å². The van der Waals surface area contributed by atoms with E-state index in [0.717, 1.165) is 5.56 Å². The lowest BCUT2D eigenvalue weighted by molar-refractivity contribution is -0.116. The SMILES string of the molecule is CCON=C(CC)C1=C(O)CC(c2ccccc2)CC1=O. The van der Waals surface area contributed by atoms with Crippen LogP contribution in [-0.4, -0.2) is 23.2 Å². The Balaban J connectivity index is 2.27. The molecule has 21 heavy (non-hydrogen) atoms. The van der Waals surface area contributed by atoms with Gasteiger partial charge in [-0.05, 0) is 24.8 Å². The molecule has 0 bridgehead atoms. The monoisotopic (exact) mass is 287 g/mol. The summed E-state index contributed by atoms with van der Waals surface area (Å²) < 4.78 is 0. The van der Waals surface area contributed by atoms with Crippen LogP contribution in [0.1, 0.15) is 44.6 Å². The summed E-state index contributed by atoms with van der Waals surface area (Å²) in [6.07, 6.45) is 1.42. The van der Waals surface area contributed by atoms with Gasteiger partial charge in [0.25, 0.3) is 0 Å². The molecule has 0 saturated heterocycles. The summed E-state index contributed by atoms with van der Waals surface area (Å²) in [5, 5.41) is 14.3. The summed E-state index contributed by atoms with van der Waals surface area (Å²) in [6.45, 7) is 4.17. The third-order valence-corrected chi connectivity index (χ3v) is 3.64. The van der Waals surface area contributed by atoms with Gasteiger partial charge in [-0.15, -0.1) is 0 Å². The van der Waals surface area contributed by atoms with Gasteiger partial charge in [0.1, 0.15) is 12.4 Å². The summed E-state index contributed by atoms with van der Waals surface area (Å²) in [5.41, 5.74) is 1.96. The average molecular weight is 287 g/mol. The molecule has 4 nitrogen and oxygen atoms in total. The number of aliphatic hydroxyl groups is 1. The number of nitrogens with zero attached hydrogens (tertiary/aromatic N) is 1. The van der Waals surface area contributed by atoms with E-state index in [2.05, 4.69) is 5.16 Å². The Bertz CT molecular complexity index is 561. The number of hydrogen-bond donors (Lipinski definition) is 1. The molecule has 1 aromatic rings. The second kappa shape index (κ2) is 7.07. The van der Waals surface area contributed by atoms with E-state index in [1.165, 1.54) is 0 Å². The fraction of sp³-hybridized carbons (Fsp3) is 0.412. The smallest absolute Gasteiger partial charge is 0.168 e. The third-order valence-electron chi connectivity index (χ3n) is 3.64. The first-order valence-electron chi connectivity index (χ1n) is 7.36. The lowest BCUT2D eigenvalue weighted by atomic mass is 9.81. The van der Waals surface area contributed by atoms with Crippen LogP contribution >= 0.6 is 0 Å². The highest BCUT2D eigenvalue weighted by atomic mass is 16.6. The zero-order valence-electron chi connectivity index (χ0n) is 12.5. The Labute approximate surface area is 125 Å². The van der Waals surface area contributed by atoms with E-state index in [1.54, 1.807) is 0 Å². The van der Waals surface area contributed by atoms with E-state index >= 15 is 0 Å². The number of oxime groups is 1. The van der Waals surface area contributed by atoms with E-state index in [4.69, 9.17) is 4.84 Å². The van der Waals surface area contributed by atoms with Crippen molar-refractivity contribution in [2.75, 3.05) is 6.61 Å². The highest BCUT2D eigenvalue weighted by molar-refractivity contribution is 6.23. The molecular weight excluding hydrogens is 266 g/mol. The highest BCUT2D eigenvalue weighted by Gasteiger charge is 2.31. The number of benzene rings is 1. The summed E-state index contributed by atoms with van der Waals surface area (Å²) in [4.78, 5) is 17.4. The van der Waals surface area contributed by atoms with Crippen LogP contribution < -0.4 is 0 Å². The Kier molecular flexibility index (Phi) is 5.14. The van der Waals surface area contributed by atoms with Gasteiger partial charge in [0, 0.05) is 12.8 Å². The van der Waals surface area contributed by atoms with Gasteiger partial charge < -0.3 is 9.94 Å². The van der Waals surface area contributed by atoms with Crippen molar-refractivity contribution >= 4 is 11.5 Å². The van der Waals surface area contributed by atoms with Gasteiger partial charge in [-0.3, -0.25) is 4.79 Å². The minimum absolute atomic E-state index is 0.0349. The summed E-state index contributed by atoms with van der Waals surface area (Å²) in [6, 6.07) is 9.82. The van der Waals surface area contributed by atoms with Crippen molar-refractivity contribution < 1.29 is 14.7 Å². The average Bonchev–Trinajstić information content (AvgIpc) is 2.50. The van der Waals surface area contributed by atoms with Crippen LogP contribution in [0, 0.1) is 0 Å². The van der Waals surface area contributed by atoms with Crippen molar-refractivity contribution in [3.8, 4) is 0 Å². The van der Waals surface area contributed by atoms with E-state index in [9.17, 15) is 9.90 Å². The minimum atomic E-state index is -0.0621. The van der Waals surface area contributed by atoms with Crippen LogP contribution in [0.5, 0.6) is 0 Å². The topological polar surface area (TPSA) is 58.9 Å². The van der Waals surface area contributed by atoms with Crippen LogP contribution in [0.15, 0.2) is 46.8 Å². The van der Waals surface area contributed by atoms with Crippen molar-refractivity contribution in [1.82, 2.24) is 0 Å². The maximum absolute atomic E-state index is 12.4. The van der Waals surface area contributed by atoms with Gasteiger partial charge in [-0.1, -0.05) is 42.4 Å². The maximum Gasteiger partial charge on any atom is 0.168 e. The number of hydrogen-bond acceptors (Lipinski definition) is 4. The number of carbonyl (C=O) groups excluding carboxylic acids is 1. The van der Waals surface area contributed by atoms with Crippen LogP contribution in [-0.2, 0) is 9.63 Å². The van der Waals surface area contributed by atoms with Gasteiger partial charge in [-0.2, -0.15) is 0 Å². The lowest BCUT2D eigenvalue weighted by Crippen LogP contribution is -2.23. The van der Waals surface area contributed by atoms with Crippen molar-refractivity contribution in [2.45, 2.75) is 39.0 Å². The number of ketones is 1. The fourth-order valence-electron chi connectivity index (χ4n) is 2.61. The Morgan fingerprint density at radius 2 is 2.00 bits per heavy atom. The molecule has 0 heterocycles. The molecule has 1 aliphatic rings. The van der Waals surface area contributed by atoms with Crippen molar-refractivity contribution in [3.05, 3.63) is 47.2 Å². The molecule has 0 aliphatic heterocycles. The first-order chi connectivity index (χ1) is 10.2. The van der Waals surface area contributed by atoms with Gasteiger partial charge in [0.2, 0.25) is 0 Å². The predicted molar refractivity (Wildman–Crippen MR) is 82.4 cm³/mol. The molecule has 1 atom stereocenters. The zero-order valence-corrected chi connectivity index (χ0v) is 12.5. The molecular formula is C17H21NO3. The molecule has 0 spiro atoms. The van der Waals surface area contributed by atoms with Crippen LogP contribution in [0.25, 0.3) is 0 Å². The van der Waals surface area contributed by atoms with Crippen LogP contribution in [0.4, 0.5) is 0 Å². The molecule has 0 amide bonds. The number of aliphatic hydroxyl groups excluding tert-OH is 1. The second-order valence-corrected chi connectivity index (χ2v) is 5.07. The first-order valence-corrected chi connectivity index (χ1v) is 7.36. The van der Waals surface area contributed by atoms with E-state index in [0.29, 0.717) is 37.2 Å². The van der Waals surface area contributed by atoms with Gasteiger partial charge in [0.15, 0.2) is 5.78 Å². The molecule has 1 N–H and O–H groups in total. The molecule has 0 aromatic heterocycles. The Morgan fingerprint density at radius 3 is 2.57 bits per heavy atom. The molecule has 1 aromatic carbocycles. The van der Waals surface area contributed by atoms with E-state index < -0.39 is 0 Å². The minimum Gasteiger partial charge on any atom is -0.511 e. The quantitative estimate of drug-likeness (QED) is 0.663. The van der Waals surface area contributed by atoms with E-state index in [-0.39, 0.29) is 17.5 Å². The van der Waals surface area contributed by atoms with Gasteiger partial charge in [0.05, 0.1) is 11.3 Å². The second-order valence-electron chi connectivity index (χ2n) is 5.07. The van der Waals surface area contributed by atoms with Crippen LogP contribution in [0.2, 0.25) is 0 Å².